The van der Waals surface area contributed by atoms with E-state index in [1.54, 1.807) is 0 Å². The van der Waals surface area contributed by atoms with Crippen molar-refractivity contribution in [2.75, 3.05) is 6.54 Å². The minimum Gasteiger partial charge on any atom is -0.348 e. The zero-order valence-electron chi connectivity index (χ0n) is 13.8. The van der Waals surface area contributed by atoms with Crippen LogP contribution in [0.3, 0.4) is 0 Å². The minimum atomic E-state index is 0.129. The molecule has 1 aromatic carbocycles. The Bertz CT molecular complexity index is 506. The lowest BCUT2D eigenvalue weighted by molar-refractivity contribution is -0.682. The first kappa shape index (κ1) is 17.3. The maximum atomic E-state index is 12.2. The number of benzene rings is 1. The zero-order chi connectivity index (χ0) is 16.1. The fourth-order valence-electron chi connectivity index (χ4n) is 3.31. The van der Waals surface area contributed by atoms with Gasteiger partial charge in [-0.25, -0.2) is 0 Å². The van der Waals surface area contributed by atoms with Gasteiger partial charge in [0.1, 0.15) is 6.04 Å². The van der Waals surface area contributed by atoms with Crippen LogP contribution >= 0.6 is 11.6 Å². The molecule has 0 aromatic heterocycles. The maximum absolute atomic E-state index is 12.2. The van der Waals surface area contributed by atoms with E-state index < -0.39 is 0 Å². The fraction of sp³-hybridized carbons (Fsp3) is 0.611. The van der Waals surface area contributed by atoms with Crippen LogP contribution in [-0.4, -0.2) is 18.5 Å². The third-order valence-electron chi connectivity index (χ3n) is 5.11. The number of carbonyl (C=O) groups excluding carboxylic acids is 1. The highest BCUT2D eigenvalue weighted by Crippen LogP contribution is 2.29. The van der Waals surface area contributed by atoms with Gasteiger partial charge in [0, 0.05) is 16.6 Å². The number of nitrogens with one attached hydrogen (secondary N) is 1. The average molecular weight is 324 g/mol. The molecular formula is C18H28ClN2O+. The minimum absolute atomic E-state index is 0.129. The van der Waals surface area contributed by atoms with Gasteiger partial charge in [-0.05, 0) is 31.2 Å². The van der Waals surface area contributed by atoms with Crippen molar-refractivity contribution in [1.82, 2.24) is 5.32 Å². The summed E-state index contributed by atoms with van der Waals surface area (Å²) >= 11 is 6.20. The van der Waals surface area contributed by atoms with Gasteiger partial charge in [-0.1, -0.05) is 56.5 Å². The number of hydrogen-bond acceptors (Lipinski definition) is 1. The first-order valence-electron chi connectivity index (χ1n) is 8.36. The molecule has 0 spiro atoms. The summed E-state index contributed by atoms with van der Waals surface area (Å²) in [4.78, 5) is 12.2. The third-order valence-corrected chi connectivity index (χ3v) is 5.45. The Morgan fingerprint density at radius 2 is 2.09 bits per heavy atom. The Morgan fingerprint density at radius 3 is 2.82 bits per heavy atom. The van der Waals surface area contributed by atoms with Gasteiger partial charge in [0.05, 0.1) is 0 Å². The molecule has 1 fully saturated rings. The smallest absolute Gasteiger partial charge is 0.275 e. The van der Waals surface area contributed by atoms with E-state index in [0.717, 1.165) is 17.0 Å². The lowest BCUT2D eigenvalue weighted by Crippen LogP contribution is -2.87. The lowest BCUT2D eigenvalue weighted by Gasteiger charge is -2.34. The van der Waals surface area contributed by atoms with E-state index in [2.05, 4.69) is 26.1 Å². The maximum Gasteiger partial charge on any atom is 0.275 e. The average Bonchev–Trinajstić information content (AvgIpc) is 2.50. The molecular weight excluding hydrogens is 296 g/mol. The van der Waals surface area contributed by atoms with Crippen molar-refractivity contribution in [3.05, 3.63) is 34.9 Å². The van der Waals surface area contributed by atoms with Crippen molar-refractivity contribution >= 4 is 17.5 Å². The van der Waals surface area contributed by atoms with E-state index >= 15 is 0 Å². The molecule has 0 unspecified atom stereocenters. The van der Waals surface area contributed by atoms with Crippen LogP contribution in [0, 0.1) is 11.8 Å². The number of hydrogen-bond donors (Lipinski definition) is 2. The predicted octanol–water partition coefficient (Wildman–Crippen LogP) is 2.91. The summed E-state index contributed by atoms with van der Waals surface area (Å²) in [5.41, 5.74) is 1.08. The molecule has 2 rings (SSSR count). The van der Waals surface area contributed by atoms with Crippen molar-refractivity contribution in [3.8, 4) is 0 Å². The summed E-state index contributed by atoms with van der Waals surface area (Å²) in [6, 6.07) is 8.34. The number of halogens is 1. The molecule has 1 amide bonds. The van der Waals surface area contributed by atoms with Gasteiger partial charge < -0.3 is 10.6 Å². The summed E-state index contributed by atoms with van der Waals surface area (Å²) in [5.74, 6) is 1.40. The van der Waals surface area contributed by atoms with Crippen LogP contribution in [0.1, 0.15) is 51.6 Å². The molecule has 1 aromatic rings. The largest absolute Gasteiger partial charge is 0.348 e. The quantitative estimate of drug-likeness (QED) is 0.860. The Balaban J connectivity index is 1.81. The normalized spacial score (nSPS) is 26.5. The monoisotopic (exact) mass is 323 g/mol. The van der Waals surface area contributed by atoms with Crippen molar-refractivity contribution < 1.29 is 10.1 Å². The summed E-state index contributed by atoms with van der Waals surface area (Å²) < 4.78 is 0. The van der Waals surface area contributed by atoms with E-state index in [4.69, 9.17) is 11.6 Å². The molecule has 0 saturated heterocycles. The predicted molar refractivity (Wildman–Crippen MR) is 90.8 cm³/mol. The Morgan fingerprint density at radius 1 is 1.36 bits per heavy atom. The number of nitrogens with two attached hydrogens (primary N) is 1. The van der Waals surface area contributed by atoms with Crippen LogP contribution in [0.25, 0.3) is 0 Å². The van der Waals surface area contributed by atoms with Crippen molar-refractivity contribution in [2.45, 2.75) is 52.1 Å². The molecule has 0 aliphatic heterocycles. The highest BCUT2D eigenvalue weighted by atomic mass is 35.5. The van der Waals surface area contributed by atoms with E-state index in [0.29, 0.717) is 24.4 Å². The Labute approximate surface area is 138 Å². The molecule has 1 aliphatic carbocycles. The highest BCUT2D eigenvalue weighted by molar-refractivity contribution is 6.31. The second-order valence-corrected chi connectivity index (χ2v) is 7.10. The van der Waals surface area contributed by atoms with Crippen LogP contribution in [0.4, 0.5) is 0 Å². The second kappa shape index (κ2) is 7.98. The molecule has 0 bridgehead atoms. The lowest BCUT2D eigenvalue weighted by atomic mass is 9.78. The molecule has 4 atom stereocenters. The van der Waals surface area contributed by atoms with E-state index in [9.17, 15) is 4.79 Å². The summed E-state index contributed by atoms with van der Waals surface area (Å²) in [6.45, 7) is 7.07. The topological polar surface area (TPSA) is 45.7 Å². The summed E-state index contributed by atoms with van der Waals surface area (Å²) in [7, 11) is 0. The van der Waals surface area contributed by atoms with Crippen LogP contribution in [0.15, 0.2) is 24.3 Å². The van der Waals surface area contributed by atoms with Crippen LogP contribution < -0.4 is 10.6 Å². The van der Waals surface area contributed by atoms with Crippen LogP contribution in [0.5, 0.6) is 0 Å². The fourth-order valence-corrected chi connectivity index (χ4v) is 3.61. The van der Waals surface area contributed by atoms with Gasteiger partial charge in [0.15, 0.2) is 6.54 Å². The van der Waals surface area contributed by atoms with Gasteiger partial charge in [-0.2, -0.15) is 0 Å². The number of carbonyl (C=O) groups is 1. The van der Waals surface area contributed by atoms with Gasteiger partial charge in [-0.3, -0.25) is 4.79 Å². The summed E-state index contributed by atoms with van der Waals surface area (Å²) in [6.07, 6.45) is 3.61. The second-order valence-electron chi connectivity index (χ2n) is 6.69. The molecule has 3 N–H and O–H groups in total. The van der Waals surface area contributed by atoms with Crippen molar-refractivity contribution in [2.24, 2.45) is 11.8 Å². The Kier molecular flexibility index (Phi) is 6.27. The number of rotatable bonds is 5. The van der Waals surface area contributed by atoms with Gasteiger partial charge in [0.2, 0.25) is 0 Å². The van der Waals surface area contributed by atoms with E-state index in [1.807, 2.05) is 29.6 Å². The number of quaternary nitrogens is 1. The zero-order valence-corrected chi connectivity index (χ0v) is 14.6. The molecule has 122 valence electrons. The SMILES string of the molecule is C[C@@H]1[C@H](C)CCC[C@@H]1NC(=O)C[NH2+][C@@H](C)c1ccccc1Cl. The first-order chi connectivity index (χ1) is 10.5. The highest BCUT2D eigenvalue weighted by Gasteiger charge is 2.28. The van der Waals surface area contributed by atoms with Crippen LogP contribution in [-0.2, 0) is 4.79 Å². The molecule has 1 aliphatic rings. The summed E-state index contributed by atoms with van der Waals surface area (Å²) in [5, 5.41) is 6.03. The van der Waals surface area contributed by atoms with Crippen molar-refractivity contribution in [3.63, 3.8) is 0 Å². The molecule has 0 radical (unpaired) electrons. The molecule has 1 saturated carbocycles. The first-order valence-corrected chi connectivity index (χ1v) is 8.74. The molecule has 3 nitrogen and oxygen atoms in total. The molecule has 22 heavy (non-hydrogen) atoms. The standard InChI is InChI=1S/C18H27ClN2O/c1-12-7-6-10-17(13(12)2)21-18(22)11-20-14(3)15-8-4-5-9-16(15)19/h4-5,8-9,12-14,17,20H,6-7,10-11H2,1-3H3,(H,21,22)/p+1/t12-,13-,14+,17+/m1/s1. The van der Waals surface area contributed by atoms with Crippen LogP contribution in [0.2, 0.25) is 5.02 Å². The number of amides is 1. The van der Waals surface area contributed by atoms with E-state index in [-0.39, 0.29) is 11.9 Å². The molecule has 0 heterocycles. The van der Waals surface area contributed by atoms with Gasteiger partial charge in [-0.15, -0.1) is 0 Å². The van der Waals surface area contributed by atoms with E-state index in [1.165, 1.54) is 12.8 Å². The Hall–Kier alpha value is -1.06. The van der Waals surface area contributed by atoms with Gasteiger partial charge >= 0.3 is 0 Å². The third kappa shape index (κ3) is 4.47. The van der Waals surface area contributed by atoms with Gasteiger partial charge in [0.25, 0.3) is 5.91 Å². The molecule has 4 heteroatoms. The van der Waals surface area contributed by atoms with Crippen molar-refractivity contribution in [1.29, 1.82) is 0 Å².